The summed E-state index contributed by atoms with van der Waals surface area (Å²) in [7, 11) is 1.91. The number of hydrogen-bond acceptors (Lipinski definition) is 4. The van der Waals surface area contributed by atoms with Crippen LogP contribution in [0.2, 0.25) is 0 Å². The summed E-state index contributed by atoms with van der Waals surface area (Å²) in [6.07, 6.45) is 1.99. The predicted octanol–water partition coefficient (Wildman–Crippen LogP) is 3.06. The number of piperazine rings is 1. The molecule has 0 atom stereocenters. The number of rotatable bonds is 3. The summed E-state index contributed by atoms with van der Waals surface area (Å²) in [6.45, 7) is 4.82. The van der Waals surface area contributed by atoms with Gasteiger partial charge in [0, 0.05) is 62.3 Å². The number of aromatic hydroxyl groups is 1. The van der Waals surface area contributed by atoms with E-state index < -0.39 is 0 Å². The van der Waals surface area contributed by atoms with Crippen molar-refractivity contribution in [2.24, 2.45) is 7.05 Å². The monoisotopic (exact) mass is 376 g/mol. The maximum absolute atomic E-state index is 12.9. The van der Waals surface area contributed by atoms with E-state index in [1.54, 1.807) is 16.8 Å². The highest BCUT2D eigenvalue weighted by atomic mass is 16.3. The van der Waals surface area contributed by atoms with E-state index in [9.17, 15) is 9.90 Å². The number of phenolic OH excluding ortho intramolecular Hbond substituents is 1. The van der Waals surface area contributed by atoms with Crippen LogP contribution in [0.15, 0.2) is 54.7 Å². The molecule has 4 rings (SSSR count). The molecular formula is C22H24N4O2. The zero-order valence-corrected chi connectivity index (χ0v) is 16.2. The summed E-state index contributed by atoms with van der Waals surface area (Å²) in [5.74, 6) is 0.324. The lowest BCUT2D eigenvalue weighted by molar-refractivity contribution is 0.0747. The van der Waals surface area contributed by atoms with Crippen molar-refractivity contribution in [2.75, 3.05) is 31.1 Å². The zero-order valence-electron chi connectivity index (χ0n) is 16.2. The van der Waals surface area contributed by atoms with Gasteiger partial charge < -0.3 is 14.9 Å². The minimum Gasteiger partial charge on any atom is -0.508 e. The first-order chi connectivity index (χ1) is 13.5. The van der Waals surface area contributed by atoms with Crippen molar-refractivity contribution in [1.29, 1.82) is 0 Å². The molecule has 6 nitrogen and oxygen atoms in total. The van der Waals surface area contributed by atoms with E-state index in [0.717, 1.165) is 35.6 Å². The Kier molecular flexibility index (Phi) is 4.77. The van der Waals surface area contributed by atoms with Gasteiger partial charge in [0.05, 0.1) is 5.69 Å². The molecule has 1 aliphatic heterocycles. The van der Waals surface area contributed by atoms with Crippen LogP contribution in [-0.2, 0) is 7.05 Å². The third kappa shape index (κ3) is 3.58. The van der Waals surface area contributed by atoms with Gasteiger partial charge in [-0.05, 0) is 36.8 Å². The van der Waals surface area contributed by atoms with Crippen LogP contribution in [0.1, 0.15) is 16.1 Å². The van der Waals surface area contributed by atoms with E-state index in [-0.39, 0.29) is 11.7 Å². The SMILES string of the molecule is Cc1nn(C)cc1-c1ccc(C(=O)N2CCN(c3cccc(O)c3)CC2)cc1. The van der Waals surface area contributed by atoms with Crippen molar-refractivity contribution in [3.63, 3.8) is 0 Å². The predicted molar refractivity (Wildman–Crippen MR) is 110 cm³/mol. The van der Waals surface area contributed by atoms with Crippen molar-refractivity contribution >= 4 is 11.6 Å². The Balaban J connectivity index is 1.42. The molecule has 0 radical (unpaired) electrons. The summed E-state index contributed by atoms with van der Waals surface area (Å²) in [4.78, 5) is 17.0. The number of nitrogens with zero attached hydrogens (tertiary/aromatic N) is 4. The average Bonchev–Trinajstić information content (AvgIpc) is 3.06. The minimum atomic E-state index is 0.0602. The molecule has 144 valence electrons. The molecule has 28 heavy (non-hydrogen) atoms. The van der Waals surface area contributed by atoms with Crippen LogP contribution in [0.4, 0.5) is 5.69 Å². The summed E-state index contributed by atoms with van der Waals surface area (Å²) in [5, 5.41) is 14.0. The lowest BCUT2D eigenvalue weighted by atomic mass is 10.0. The maximum atomic E-state index is 12.9. The van der Waals surface area contributed by atoms with E-state index in [1.807, 2.05) is 61.5 Å². The lowest BCUT2D eigenvalue weighted by Crippen LogP contribution is -2.48. The van der Waals surface area contributed by atoms with Crippen LogP contribution in [0.25, 0.3) is 11.1 Å². The van der Waals surface area contributed by atoms with Gasteiger partial charge in [0.2, 0.25) is 0 Å². The molecule has 0 aliphatic carbocycles. The topological polar surface area (TPSA) is 61.6 Å². The summed E-state index contributed by atoms with van der Waals surface area (Å²) < 4.78 is 1.80. The van der Waals surface area contributed by atoms with Gasteiger partial charge in [-0.25, -0.2) is 0 Å². The number of hydrogen-bond donors (Lipinski definition) is 1. The summed E-state index contributed by atoms with van der Waals surface area (Å²) >= 11 is 0. The zero-order chi connectivity index (χ0) is 19.7. The Morgan fingerprint density at radius 2 is 1.75 bits per heavy atom. The molecule has 6 heteroatoms. The highest BCUT2D eigenvalue weighted by Crippen LogP contribution is 2.24. The van der Waals surface area contributed by atoms with Crippen molar-refractivity contribution < 1.29 is 9.90 Å². The Morgan fingerprint density at radius 3 is 2.36 bits per heavy atom. The Hall–Kier alpha value is -3.28. The van der Waals surface area contributed by atoms with Crippen molar-refractivity contribution in [1.82, 2.24) is 14.7 Å². The fraction of sp³-hybridized carbons (Fsp3) is 0.273. The second-order valence-electron chi connectivity index (χ2n) is 7.18. The standard InChI is InChI=1S/C22H24N4O2/c1-16-21(15-24(2)23-16)17-6-8-18(9-7-17)22(28)26-12-10-25(11-13-26)19-4-3-5-20(27)14-19/h3-9,14-15,27H,10-13H2,1-2H3. The van der Waals surface area contributed by atoms with Crippen molar-refractivity contribution in [3.05, 3.63) is 66.0 Å². The molecule has 0 saturated carbocycles. The van der Waals surface area contributed by atoms with Gasteiger partial charge in [-0.1, -0.05) is 18.2 Å². The molecule has 3 aromatic rings. The molecule has 2 heterocycles. The van der Waals surface area contributed by atoms with E-state index >= 15 is 0 Å². The molecule has 2 aromatic carbocycles. The third-order valence-corrected chi connectivity index (χ3v) is 5.22. The van der Waals surface area contributed by atoms with Crippen molar-refractivity contribution in [3.8, 4) is 16.9 Å². The minimum absolute atomic E-state index is 0.0602. The van der Waals surface area contributed by atoms with Gasteiger partial charge in [0.15, 0.2) is 0 Å². The number of amides is 1. The molecule has 1 aromatic heterocycles. The van der Waals surface area contributed by atoms with Gasteiger partial charge in [-0.3, -0.25) is 9.48 Å². The molecule has 1 saturated heterocycles. The number of anilines is 1. The highest BCUT2D eigenvalue weighted by molar-refractivity contribution is 5.95. The van der Waals surface area contributed by atoms with Gasteiger partial charge in [0.25, 0.3) is 5.91 Å². The first kappa shape index (κ1) is 18.1. The molecule has 0 spiro atoms. The average molecular weight is 376 g/mol. The number of phenols is 1. The Labute approximate surface area is 164 Å². The summed E-state index contributed by atoms with van der Waals surface area (Å²) in [6, 6.07) is 15.0. The number of carbonyl (C=O) groups is 1. The van der Waals surface area contributed by atoms with Crippen LogP contribution in [0.5, 0.6) is 5.75 Å². The van der Waals surface area contributed by atoms with Gasteiger partial charge >= 0.3 is 0 Å². The number of aryl methyl sites for hydroxylation is 2. The van der Waals surface area contributed by atoms with Gasteiger partial charge in [-0.2, -0.15) is 5.10 Å². The molecule has 0 unspecified atom stereocenters. The third-order valence-electron chi connectivity index (χ3n) is 5.22. The number of carbonyl (C=O) groups excluding carboxylic acids is 1. The Bertz CT molecular complexity index is 986. The normalized spacial score (nSPS) is 14.4. The van der Waals surface area contributed by atoms with E-state index in [2.05, 4.69) is 10.00 Å². The highest BCUT2D eigenvalue weighted by Gasteiger charge is 2.22. The number of aromatic nitrogens is 2. The fourth-order valence-electron chi connectivity index (χ4n) is 3.72. The molecule has 1 aliphatic rings. The van der Waals surface area contributed by atoms with E-state index in [4.69, 9.17) is 0 Å². The molecule has 1 N–H and O–H groups in total. The molecule has 1 amide bonds. The molecule has 1 fully saturated rings. The Morgan fingerprint density at radius 1 is 1.04 bits per heavy atom. The fourth-order valence-corrected chi connectivity index (χ4v) is 3.72. The first-order valence-corrected chi connectivity index (χ1v) is 9.45. The number of benzene rings is 2. The quantitative estimate of drug-likeness (QED) is 0.763. The first-order valence-electron chi connectivity index (χ1n) is 9.45. The second kappa shape index (κ2) is 7.38. The van der Waals surface area contributed by atoms with E-state index in [0.29, 0.717) is 18.7 Å². The van der Waals surface area contributed by atoms with E-state index in [1.165, 1.54) is 0 Å². The molecular weight excluding hydrogens is 352 g/mol. The van der Waals surface area contributed by atoms with Crippen molar-refractivity contribution in [2.45, 2.75) is 6.92 Å². The maximum Gasteiger partial charge on any atom is 0.253 e. The van der Waals surface area contributed by atoms with Crippen LogP contribution in [-0.4, -0.2) is 51.9 Å². The molecule has 0 bridgehead atoms. The van der Waals surface area contributed by atoms with Gasteiger partial charge in [-0.15, -0.1) is 0 Å². The largest absolute Gasteiger partial charge is 0.508 e. The van der Waals surface area contributed by atoms with Crippen LogP contribution in [0, 0.1) is 6.92 Å². The van der Waals surface area contributed by atoms with Crippen LogP contribution in [0.3, 0.4) is 0 Å². The van der Waals surface area contributed by atoms with Gasteiger partial charge in [0.1, 0.15) is 5.75 Å². The van der Waals surface area contributed by atoms with Crippen LogP contribution >= 0.6 is 0 Å². The smallest absolute Gasteiger partial charge is 0.253 e. The second-order valence-corrected chi connectivity index (χ2v) is 7.18. The lowest BCUT2D eigenvalue weighted by Gasteiger charge is -2.36. The summed E-state index contributed by atoms with van der Waals surface area (Å²) in [5.41, 5.74) is 4.82. The van der Waals surface area contributed by atoms with Crippen LogP contribution < -0.4 is 4.90 Å².